The van der Waals surface area contributed by atoms with Crippen molar-refractivity contribution >= 4 is 11.6 Å². The van der Waals surface area contributed by atoms with Crippen molar-refractivity contribution in [3.8, 4) is 0 Å². The molecule has 1 aromatic heterocycles. The summed E-state index contributed by atoms with van der Waals surface area (Å²) < 4.78 is 64.4. The summed E-state index contributed by atoms with van der Waals surface area (Å²) in [5.41, 5.74) is 0. The van der Waals surface area contributed by atoms with Crippen molar-refractivity contribution in [1.29, 1.82) is 0 Å². The van der Waals surface area contributed by atoms with Gasteiger partial charge in [0.15, 0.2) is 5.82 Å². The molecule has 9 heteroatoms. The number of hydrogen-bond donors (Lipinski definition) is 0. The largest absolute Gasteiger partial charge is 0.463 e. The van der Waals surface area contributed by atoms with Crippen LogP contribution in [0.1, 0.15) is 24.0 Å². The van der Waals surface area contributed by atoms with Crippen molar-refractivity contribution in [3.05, 3.63) is 11.7 Å². The molecule has 1 aromatic rings. The lowest BCUT2D eigenvalue weighted by Crippen LogP contribution is -2.34. The van der Waals surface area contributed by atoms with Gasteiger partial charge in [-0.1, -0.05) is 5.16 Å². The first-order valence-electron chi connectivity index (χ1n) is 3.59. The number of nitrogens with zero attached hydrogens (tertiary/aromatic N) is 2. The van der Waals surface area contributed by atoms with Crippen molar-refractivity contribution < 1.29 is 26.5 Å². The Morgan fingerprint density at radius 3 is 2.13 bits per heavy atom. The molecule has 86 valence electrons. The average molecular weight is 251 g/mol. The van der Waals surface area contributed by atoms with E-state index in [1.807, 2.05) is 0 Å². The molecule has 0 aromatic carbocycles. The quantitative estimate of drug-likeness (QED) is 0.598. The van der Waals surface area contributed by atoms with Crippen LogP contribution in [0.4, 0.5) is 22.0 Å². The normalized spacial score (nSPS) is 15.4. The Morgan fingerprint density at radius 2 is 1.80 bits per heavy atom. The van der Waals surface area contributed by atoms with Crippen LogP contribution in [0.5, 0.6) is 0 Å². The summed E-state index contributed by atoms with van der Waals surface area (Å²) in [5.74, 6) is -7.39. The molecule has 0 spiro atoms. The van der Waals surface area contributed by atoms with Crippen molar-refractivity contribution in [2.24, 2.45) is 0 Å². The SMILES string of the molecule is CC(Cl)c1noc(C(F)(F)C(F)(F)F)n1. The van der Waals surface area contributed by atoms with E-state index >= 15 is 0 Å². The molecule has 0 bridgehead atoms. The molecule has 0 fully saturated rings. The van der Waals surface area contributed by atoms with Crippen LogP contribution in [0.15, 0.2) is 4.52 Å². The molecule has 0 saturated heterocycles. The standard InChI is InChI=1S/C6H4ClF5N2O/c1-2(7)3-13-4(15-14-3)5(8,9)6(10,11)12/h2H,1H3. The van der Waals surface area contributed by atoms with Crippen molar-refractivity contribution in [2.75, 3.05) is 0 Å². The third-order valence-electron chi connectivity index (χ3n) is 1.42. The Labute approximate surface area is 85.2 Å². The fraction of sp³-hybridized carbons (Fsp3) is 0.667. The van der Waals surface area contributed by atoms with E-state index in [2.05, 4.69) is 14.7 Å². The highest BCUT2D eigenvalue weighted by Gasteiger charge is 2.63. The maximum absolute atomic E-state index is 12.6. The van der Waals surface area contributed by atoms with E-state index < -0.39 is 29.2 Å². The summed E-state index contributed by atoms with van der Waals surface area (Å²) in [6.45, 7) is 1.31. The second-order valence-electron chi connectivity index (χ2n) is 2.65. The van der Waals surface area contributed by atoms with Crippen LogP contribution < -0.4 is 0 Å². The van der Waals surface area contributed by atoms with Crippen LogP contribution in [0, 0.1) is 0 Å². The minimum atomic E-state index is -5.77. The van der Waals surface area contributed by atoms with Gasteiger partial charge in [-0.15, -0.1) is 11.6 Å². The van der Waals surface area contributed by atoms with Crippen molar-refractivity contribution in [2.45, 2.75) is 24.4 Å². The van der Waals surface area contributed by atoms with Crippen molar-refractivity contribution in [1.82, 2.24) is 10.1 Å². The number of halogens is 6. The third kappa shape index (κ3) is 2.19. The third-order valence-corrected chi connectivity index (χ3v) is 1.62. The van der Waals surface area contributed by atoms with E-state index in [-0.39, 0.29) is 0 Å². The molecular formula is C6H4ClF5N2O. The minimum absolute atomic E-state index is 0.421. The zero-order chi connectivity index (χ0) is 11.9. The van der Waals surface area contributed by atoms with Gasteiger partial charge in [0, 0.05) is 0 Å². The van der Waals surface area contributed by atoms with Gasteiger partial charge in [-0.2, -0.15) is 26.9 Å². The lowest BCUT2D eigenvalue weighted by molar-refractivity contribution is -0.298. The smallest absolute Gasteiger partial charge is 0.332 e. The predicted molar refractivity (Wildman–Crippen MR) is 38.5 cm³/mol. The monoisotopic (exact) mass is 250 g/mol. The minimum Gasteiger partial charge on any atom is -0.332 e. The molecular weight excluding hydrogens is 247 g/mol. The molecule has 0 N–H and O–H groups in total. The fourth-order valence-corrected chi connectivity index (χ4v) is 0.734. The lowest BCUT2D eigenvalue weighted by atomic mass is 10.3. The van der Waals surface area contributed by atoms with Gasteiger partial charge in [-0.25, -0.2) is 0 Å². The van der Waals surface area contributed by atoms with Gasteiger partial charge in [-0.05, 0) is 6.92 Å². The van der Waals surface area contributed by atoms with Gasteiger partial charge in [0.25, 0.3) is 0 Å². The molecule has 15 heavy (non-hydrogen) atoms. The van der Waals surface area contributed by atoms with Crippen LogP contribution in [-0.2, 0) is 5.92 Å². The Balaban J connectivity index is 3.06. The molecule has 0 amide bonds. The molecule has 0 aliphatic rings. The molecule has 0 radical (unpaired) electrons. The van der Waals surface area contributed by atoms with E-state index in [4.69, 9.17) is 11.6 Å². The summed E-state index contributed by atoms with van der Waals surface area (Å²) in [4.78, 5) is 2.87. The van der Waals surface area contributed by atoms with E-state index in [1.165, 1.54) is 6.92 Å². The van der Waals surface area contributed by atoms with Crippen LogP contribution in [-0.4, -0.2) is 16.3 Å². The highest BCUT2D eigenvalue weighted by atomic mass is 35.5. The molecule has 1 rings (SSSR count). The van der Waals surface area contributed by atoms with E-state index in [1.54, 1.807) is 0 Å². The highest BCUT2D eigenvalue weighted by molar-refractivity contribution is 6.20. The lowest BCUT2D eigenvalue weighted by Gasteiger charge is -2.14. The summed E-state index contributed by atoms with van der Waals surface area (Å²) in [6.07, 6.45) is -5.77. The second-order valence-corrected chi connectivity index (χ2v) is 3.30. The number of alkyl halides is 6. The summed E-state index contributed by atoms with van der Waals surface area (Å²) >= 11 is 5.37. The Kier molecular flexibility index (Phi) is 2.90. The Hall–Kier alpha value is -0.920. The molecule has 0 saturated carbocycles. The maximum atomic E-state index is 12.6. The summed E-state index contributed by atoms with van der Waals surface area (Å²) in [7, 11) is 0. The maximum Gasteiger partial charge on any atom is 0.463 e. The molecule has 0 aliphatic heterocycles. The number of aromatic nitrogens is 2. The van der Waals surface area contributed by atoms with Crippen LogP contribution >= 0.6 is 11.6 Å². The van der Waals surface area contributed by atoms with Crippen molar-refractivity contribution in [3.63, 3.8) is 0 Å². The van der Waals surface area contributed by atoms with Crippen LogP contribution in [0.2, 0.25) is 0 Å². The van der Waals surface area contributed by atoms with Crippen LogP contribution in [0.3, 0.4) is 0 Å². The number of hydrogen-bond acceptors (Lipinski definition) is 3. The topological polar surface area (TPSA) is 38.9 Å². The first kappa shape index (κ1) is 12.2. The molecule has 0 aliphatic carbocycles. The second kappa shape index (κ2) is 3.58. The van der Waals surface area contributed by atoms with Gasteiger partial charge in [-0.3, -0.25) is 0 Å². The van der Waals surface area contributed by atoms with E-state index in [0.717, 1.165) is 0 Å². The first-order chi connectivity index (χ1) is 6.66. The summed E-state index contributed by atoms with van der Waals surface area (Å²) in [6, 6.07) is 0. The summed E-state index contributed by atoms with van der Waals surface area (Å²) in [5, 5.41) is 1.99. The predicted octanol–water partition coefficient (Wildman–Crippen LogP) is 3.02. The molecule has 3 nitrogen and oxygen atoms in total. The van der Waals surface area contributed by atoms with Gasteiger partial charge in [0.2, 0.25) is 0 Å². The van der Waals surface area contributed by atoms with Crippen LogP contribution in [0.25, 0.3) is 0 Å². The zero-order valence-corrected chi connectivity index (χ0v) is 7.90. The molecule has 1 atom stereocenters. The Bertz CT molecular complexity index is 348. The number of rotatable bonds is 2. The zero-order valence-electron chi connectivity index (χ0n) is 7.15. The highest BCUT2D eigenvalue weighted by Crippen LogP contribution is 2.43. The van der Waals surface area contributed by atoms with Gasteiger partial charge >= 0.3 is 18.0 Å². The molecule has 1 unspecified atom stereocenters. The van der Waals surface area contributed by atoms with E-state index in [0.29, 0.717) is 0 Å². The van der Waals surface area contributed by atoms with Gasteiger partial charge < -0.3 is 4.52 Å². The first-order valence-corrected chi connectivity index (χ1v) is 4.02. The van der Waals surface area contributed by atoms with E-state index in [9.17, 15) is 22.0 Å². The van der Waals surface area contributed by atoms with Gasteiger partial charge in [0.1, 0.15) is 0 Å². The molecule has 1 heterocycles. The van der Waals surface area contributed by atoms with Gasteiger partial charge in [0.05, 0.1) is 5.38 Å². The Morgan fingerprint density at radius 1 is 1.27 bits per heavy atom. The average Bonchev–Trinajstić information content (AvgIpc) is 2.49. The fourth-order valence-electron chi connectivity index (χ4n) is 0.645.